The molecule has 106 valence electrons. The summed E-state index contributed by atoms with van der Waals surface area (Å²) in [5, 5.41) is 2.77. The molecule has 1 atom stereocenters. The Balaban J connectivity index is 2.74. The summed E-state index contributed by atoms with van der Waals surface area (Å²) >= 11 is 0. The third-order valence-electron chi connectivity index (χ3n) is 2.71. The van der Waals surface area contributed by atoms with Gasteiger partial charge in [0.2, 0.25) is 5.91 Å². The fourth-order valence-electron chi connectivity index (χ4n) is 1.76. The highest BCUT2D eigenvalue weighted by Crippen LogP contribution is 2.29. The quantitative estimate of drug-likeness (QED) is 0.826. The van der Waals surface area contributed by atoms with Crippen molar-refractivity contribution in [2.75, 3.05) is 19.5 Å². The lowest BCUT2D eigenvalue weighted by Gasteiger charge is -2.15. The molecule has 5 heteroatoms. The van der Waals surface area contributed by atoms with Crippen molar-refractivity contribution in [2.24, 2.45) is 11.7 Å². The van der Waals surface area contributed by atoms with E-state index in [1.807, 2.05) is 13.8 Å². The Kier molecular flexibility index (Phi) is 5.63. The number of benzene rings is 1. The molecule has 0 heterocycles. The third kappa shape index (κ3) is 4.44. The minimum Gasteiger partial charge on any atom is -0.493 e. The van der Waals surface area contributed by atoms with Gasteiger partial charge in [-0.1, -0.05) is 13.8 Å². The smallest absolute Gasteiger partial charge is 0.241 e. The van der Waals surface area contributed by atoms with Gasteiger partial charge in [0.05, 0.1) is 20.3 Å². The van der Waals surface area contributed by atoms with Crippen LogP contribution >= 0.6 is 0 Å². The fraction of sp³-hybridized carbons (Fsp3) is 0.500. The van der Waals surface area contributed by atoms with Crippen LogP contribution in [-0.4, -0.2) is 26.2 Å². The number of amides is 1. The first kappa shape index (κ1) is 15.3. The van der Waals surface area contributed by atoms with Gasteiger partial charge in [0.25, 0.3) is 0 Å². The zero-order valence-electron chi connectivity index (χ0n) is 11.9. The van der Waals surface area contributed by atoms with Gasteiger partial charge in [-0.05, 0) is 24.5 Å². The Morgan fingerprint density at radius 3 is 2.42 bits per heavy atom. The summed E-state index contributed by atoms with van der Waals surface area (Å²) in [6.45, 7) is 4.06. The summed E-state index contributed by atoms with van der Waals surface area (Å²) in [4.78, 5) is 11.9. The van der Waals surface area contributed by atoms with Crippen molar-refractivity contribution in [1.82, 2.24) is 0 Å². The summed E-state index contributed by atoms with van der Waals surface area (Å²) < 4.78 is 10.3. The minimum atomic E-state index is -0.506. The summed E-state index contributed by atoms with van der Waals surface area (Å²) in [7, 11) is 3.11. The molecule has 0 aliphatic carbocycles. The molecule has 1 rings (SSSR count). The van der Waals surface area contributed by atoms with E-state index in [1.54, 1.807) is 32.4 Å². The van der Waals surface area contributed by atoms with Crippen LogP contribution in [0.15, 0.2) is 18.2 Å². The van der Waals surface area contributed by atoms with Crippen LogP contribution in [0.4, 0.5) is 5.69 Å². The van der Waals surface area contributed by atoms with Gasteiger partial charge in [0.15, 0.2) is 11.5 Å². The first-order valence-electron chi connectivity index (χ1n) is 6.26. The van der Waals surface area contributed by atoms with Crippen LogP contribution in [0.1, 0.15) is 20.3 Å². The summed E-state index contributed by atoms with van der Waals surface area (Å²) in [6.07, 6.45) is 0.652. The Morgan fingerprint density at radius 1 is 1.26 bits per heavy atom. The number of carbonyl (C=O) groups excluding carboxylic acids is 1. The molecule has 0 saturated carbocycles. The highest BCUT2D eigenvalue weighted by Gasteiger charge is 2.15. The van der Waals surface area contributed by atoms with Crippen molar-refractivity contribution in [3.63, 3.8) is 0 Å². The molecule has 0 bridgehead atoms. The van der Waals surface area contributed by atoms with Gasteiger partial charge in [0, 0.05) is 11.8 Å². The molecule has 19 heavy (non-hydrogen) atoms. The van der Waals surface area contributed by atoms with Gasteiger partial charge in [-0.25, -0.2) is 0 Å². The third-order valence-corrected chi connectivity index (χ3v) is 2.71. The highest BCUT2D eigenvalue weighted by molar-refractivity contribution is 5.94. The molecule has 0 saturated heterocycles. The number of nitrogens with one attached hydrogen (secondary N) is 1. The fourth-order valence-corrected chi connectivity index (χ4v) is 1.76. The van der Waals surface area contributed by atoms with Crippen molar-refractivity contribution in [2.45, 2.75) is 26.3 Å². The highest BCUT2D eigenvalue weighted by atomic mass is 16.5. The maximum atomic E-state index is 11.9. The Bertz CT molecular complexity index is 433. The monoisotopic (exact) mass is 266 g/mol. The standard InChI is InChI=1S/C14H22N2O3/c1-9(2)7-11(15)14(17)16-10-5-6-12(18-3)13(8-10)19-4/h5-6,8-9,11H,7,15H2,1-4H3,(H,16,17)/t11-/m0/s1. The van der Waals surface area contributed by atoms with Gasteiger partial charge >= 0.3 is 0 Å². The van der Waals surface area contributed by atoms with E-state index >= 15 is 0 Å². The second-order valence-electron chi connectivity index (χ2n) is 4.80. The zero-order chi connectivity index (χ0) is 14.4. The zero-order valence-corrected chi connectivity index (χ0v) is 11.9. The Hall–Kier alpha value is -1.75. The minimum absolute atomic E-state index is 0.194. The summed E-state index contributed by atoms with van der Waals surface area (Å²) in [5.74, 6) is 1.37. The van der Waals surface area contributed by atoms with Crippen LogP contribution in [0.3, 0.4) is 0 Å². The van der Waals surface area contributed by atoms with Crippen LogP contribution in [0.25, 0.3) is 0 Å². The van der Waals surface area contributed by atoms with Gasteiger partial charge in [0.1, 0.15) is 0 Å². The molecule has 1 amide bonds. The van der Waals surface area contributed by atoms with E-state index in [-0.39, 0.29) is 5.91 Å². The molecular formula is C14H22N2O3. The number of nitrogens with two attached hydrogens (primary N) is 1. The average Bonchev–Trinajstić information content (AvgIpc) is 2.37. The number of anilines is 1. The van der Waals surface area contributed by atoms with E-state index in [0.717, 1.165) is 0 Å². The molecule has 5 nitrogen and oxygen atoms in total. The SMILES string of the molecule is COc1ccc(NC(=O)[C@@H](N)CC(C)C)cc1OC. The van der Waals surface area contributed by atoms with Gasteiger partial charge in [-0.2, -0.15) is 0 Å². The lowest BCUT2D eigenvalue weighted by molar-refractivity contribution is -0.117. The Labute approximate surface area is 114 Å². The number of hydrogen-bond acceptors (Lipinski definition) is 4. The topological polar surface area (TPSA) is 73.6 Å². The van der Waals surface area contributed by atoms with E-state index < -0.39 is 6.04 Å². The van der Waals surface area contributed by atoms with Crippen LogP contribution in [-0.2, 0) is 4.79 Å². The van der Waals surface area contributed by atoms with E-state index in [2.05, 4.69) is 5.32 Å². The maximum absolute atomic E-state index is 11.9. The molecule has 0 aromatic heterocycles. The molecule has 0 aliphatic rings. The first-order chi connectivity index (χ1) is 8.97. The second kappa shape index (κ2) is 6.99. The second-order valence-corrected chi connectivity index (χ2v) is 4.80. The predicted octanol–water partition coefficient (Wildman–Crippen LogP) is 2.02. The van der Waals surface area contributed by atoms with Gasteiger partial charge in [-0.15, -0.1) is 0 Å². The molecule has 3 N–H and O–H groups in total. The molecular weight excluding hydrogens is 244 g/mol. The van der Waals surface area contributed by atoms with Gasteiger partial charge < -0.3 is 20.5 Å². The molecule has 0 spiro atoms. The average molecular weight is 266 g/mol. The van der Waals surface area contributed by atoms with E-state index in [0.29, 0.717) is 29.5 Å². The molecule has 1 aromatic rings. The molecule has 0 radical (unpaired) electrons. The van der Waals surface area contributed by atoms with Crippen molar-refractivity contribution in [3.8, 4) is 11.5 Å². The number of carbonyl (C=O) groups is 1. The van der Waals surface area contributed by atoms with Crippen LogP contribution in [0, 0.1) is 5.92 Å². The molecule has 1 aromatic carbocycles. The number of rotatable bonds is 6. The Morgan fingerprint density at radius 2 is 1.89 bits per heavy atom. The van der Waals surface area contributed by atoms with Crippen molar-refractivity contribution < 1.29 is 14.3 Å². The number of hydrogen-bond donors (Lipinski definition) is 2. The summed E-state index contributed by atoms with van der Waals surface area (Å²) in [6, 6.07) is 4.69. The molecule has 0 aliphatic heterocycles. The van der Waals surface area contributed by atoms with Crippen LogP contribution in [0.5, 0.6) is 11.5 Å². The lowest BCUT2D eigenvalue weighted by atomic mass is 10.0. The van der Waals surface area contributed by atoms with Crippen molar-refractivity contribution in [3.05, 3.63) is 18.2 Å². The van der Waals surface area contributed by atoms with Crippen molar-refractivity contribution >= 4 is 11.6 Å². The number of ether oxygens (including phenoxy) is 2. The summed E-state index contributed by atoms with van der Waals surface area (Å²) in [5.41, 5.74) is 6.47. The number of methoxy groups -OCH3 is 2. The maximum Gasteiger partial charge on any atom is 0.241 e. The van der Waals surface area contributed by atoms with E-state index in [4.69, 9.17) is 15.2 Å². The van der Waals surface area contributed by atoms with Crippen LogP contribution in [0.2, 0.25) is 0 Å². The lowest BCUT2D eigenvalue weighted by Crippen LogP contribution is -2.36. The van der Waals surface area contributed by atoms with E-state index in [1.165, 1.54) is 0 Å². The molecule has 0 fully saturated rings. The normalized spacial score (nSPS) is 12.1. The predicted molar refractivity (Wildman–Crippen MR) is 75.6 cm³/mol. The van der Waals surface area contributed by atoms with Crippen LogP contribution < -0.4 is 20.5 Å². The largest absolute Gasteiger partial charge is 0.493 e. The first-order valence-corrected chi connectivity index (χ1v) is 6.26. The molecule has 0 unspecified atom stereocenters. The van der Waals surface area contributed by atoms with Gasteiger partial charge in [-0.3, -0.25) is 4.79 Å². The van der Waals surface area contributed by atoms with Crippen molar-refractivity contribution in [1.29, 1.82) is 0 Å². The van der Waals surface area contributed by atoms with E-state index in [9.17, 15) is 4.79 Å².